The van der Waals surface area contributed by atoms with Crippen molar-refractivity contribution in [2.24, 2.45) is 0 Å². The van der Waals surface area contributed by atoms with Crippen LogP contribution in [-0.4, -0.2) is 49.2 Å². The highest BCUT2D eigenvalue weighted by Gasteiger charge is 2.17. The second-order valence-electron chi connectivity index (χ2n) is 4.09. The Labute approximate surface area is 94.2 Å². The molecule has 5 nitrogen and oxygen atoms in total. The van der Waals surface area contributed by atoms with Gasteiger partial charge in [0.05, 0.1) is 0 Å². The number of carboxylic acid groups (broad SMARTS) is 1. The van der Waals surface area contributed by atoms with E-state index in [-0.39, 0.29) is 5.76 Å². The smallest absolute Gasteiger partial charge is 0.371 e. The number of hydrogen-bond acceptors (Lipinski definition) is 4. The highest BCUT2D eigenvalue weighted by Crippen LogP contribution is 2.19. The molecule has 1 aromatic heterocycles. The molecule has 1 N–H and O–H groups in total. The Morgan fingerprint density at radius 3 is 2.81 bits per heavy atom. The number of hydrogen-bond donors (Lipinski definition) is 1. The van der Waals surface area contributed by atoms with Crippen LogP contribution < -0.4 is 4.90 Å². The maximum absolute atomic E-state index is 10.7. The van der Waals surface area contributed by atoms with E-state index in [2.05, 4.69) is 16.8 Å². The lowest BCUT2D eigenvalue weighted by Crippen LogP contribution is -2.28. The van der Waals surface area contributed by atoms with Crippen molar-refractivity contribution in [3.8, 4) is 0 Å². The first-order valence-electron chi connectivity index (χ1n) is 5.43. The summed E-state index contributed by atoms with van der Waals surface area (Å²) < 4.78 is 5.28. The van der Waals surface area contributed by atoms with E-state index in [1.54, 1.807) is 6.07 Å². The quantitative estimate of drug-likeness (QED) is 0.815. The van der Waals surface area contributed by atoms with E-state index in [4.69, 9.17) is 9.52 Å². The molecule has 2 heterocycles. The summed E-state index contributed by atoms with van der Waals surface area (Å²) >= 11 is 0. The Morgan fingerprint density at radius 2 is 2.12 bits per heavy atom. The van der Waals surface area contributed by atoms with Crippen molar-refractivity contribution in [1.82, 2.24) is 4.90 Å². The van der Waals surface area contributed by atoms with Crippen LogP contribution in [0.4, 0.5) is 5.88 Å². The summed E-state index contributed by atoms with van der Waals surface area (Å²) in [5.41, 5.74) is 0. The molecule has 0 aromatic carbocycles. The Morgan fingerprint density at radius 1 is 1.31 bits per heavy atom. The third kappa shape index (κ3) is 2.36. The number of carboxylic acids is 1. The lowest BCUT2D eigenvalue weighted by atomic mass is 10.4. The summed E-state index contributed by atoms with van der Waals surface area (Å²) in [5, 5.41) is 8.77. The van der Waals surface area contributed by atoms with Crippen LogP contribution in [0.1, 0.15) is 17.0 Å². The Bertz CT molecular complexity index is 375. The molecule has 0 atom stereocenters. The molecule has 2 rings (SSSR count). The zero-order valence-electron chi connectivity index (χ0n) is 9.35. The summed E-state index contributed by atoms with van der Waals surface area (Å²) in [6.07, 6.45) is 1.07. The average molecular weight is 224 g/mol. The molecule has 1 aromatic rings. The first kappa shape index (κ1) is 11.0. The van der Waals surface area contributed by atoms with E-state index >= 15 is 0 Å². The molecule has 0 saturated carbocycles. The van der Waals surface area contributed by atoms with Crippen molar-refractivity contribution in [2.75, 3.05) is 38.1 Å². The number of carbonyl (C=O) groups is 1. The molecule has 5 heteroatoms. The lowest BCUT2D eigenvalue weighted by molar-refractivity contribution is 0.0663. The molecule has 88 valence electrons. The lowest BCUT2D eigenvalue weighted by Gasteiger charge is -2.19. The van der Waals surface area contributed by atoms with Crippen molar-refractivity contribution in [1.29, 1.82) is 0 Å². The predicted octanol–water partition coefficient (Wildman–Crippen LogP) is 1.12. The molecule has 0 unspecified atom stereocenters. The Kier molecular flexibility index (Phi) is 3.14. The summed E-state index contributed by atoms with van der Waals surface area (Å²) in [5.74, 6) is -0.349. The SMILES string of the molecule is CN1CCCN(c2ccc(C(=O)O)o2)CC1. The van der Waals surface area contributed by atoms with Crippen LogP contribution in [0.3, 0.4) is 0 Å². The predicted molar refractivity (Wildman–Crippen MR) is 60.0 cm³/mol. The van der Waals surface area contributed by atoms with E-state index in [0.29, 0.717) is 5.88 Å². The summed E-state index contributed by atoms with van der Waals surface area (Å²) in [4.78, 5) is 15.1. The fraction of sp³-hybridized carbons (Fsp3) is 0.545. The second kappa shape index (κ2) is 4.57. The monoisotopic (exact) mass is 224 g/mol. The van der Waals surface area contributed by atoms with Crippen LogP contribution in [0.25, 0.3) is 0 Å². The molecule has 0 radical (unpaired) electrons. The largest absolute Gasteiger partial charge is 0.475 e. The third-order valence-electron chi connectivity index (χ3n) is 2.83. The highest BCUT2D eigenvalue weighted by molar-refractivity contribution is 5.84. The van der Waals surface area contributed by atoms with Crippen LogP contribution >= 0.6 is 0 Å². The maximum Gasteiger partial charge on any atom is 0.371 e. The van der Waals surface area contributed by atoms with E-state index in [9.17, 15) is 4.79 Å². The third-order valence-corrected chi connectivity index (χ3v) is 2.83. The normalized spacial score (nSPS) is 18.4. The Hall–Kier alpha value is -1.49. The molecule has 1 aliphatic rings. The number of anilines is 1. The van der Waals surface area contributed by atoms with Crippen molar-refractivity contribution in [2.45, 2.75) is 6.42 Å². The Balaban J connectivity index is 2.07. The van der Waals surface area contributed by atoms with Gasteiger partial charge in [-0.1, -0.05) is 0 Å². The van der Waals surface area contributed by atoms with Gasteiger partial charge in [-0.25, -0.2) is 4.79 Å². The first-order chi connectivity index (χ1) is 7.66. The van der Waals surface area contributed by atoms with Crippen LogP contribution in [0, 0.1) is 0 Å². The highest BCUT2D eigenvalue weighted by atomic mass is 16.4. The molecule has 0 aliphatic carbocycles. The standard InChI is InChI=1S/C11H16N2O3/c1-12-5-2-6-13(8-7-12)10-4-3-9(16-10)11(14)15/h3-4H,2,5-8H2,1H3,(H,14,15). The fourth-order valence-electron chi connectivity index (χ4n) is 1.88. The van der Waals surface area contributed by atoms with Crippen molar-refractivity contribution in [3.63, 3.8) is 0 Å². The van der Waals surface area contributed by atoms with E-state index in [1.165, 1.54) is 6.07 Å². The van der Waals surface area contributed by atoms with E-state index in [0.717, 1.165) is 32.6 Å². The van der Waals surface area contributed by atoms with Crippen molar-refractivity contribution < 1.29 is 14.3 Å². The van der Waals surface area contributed by atoms with Crippen LogP contribution in [0.2, 0.25) is 0 Å². The van der Waals surface area contributed by atoms with Gasteiger partial charge < -0.3 is 19.3 Å². The van der Waals surface area contributed by atoms with Crippen LogP contribution in [0.5, 0.6) is 0 Å². The molecular formula is C11H16N2O3. The number of furan rings is 1. The average Bonchev–Trinajstić information content (AvgIpc) is 2.63. The van der Waals surface area contributed by atoms with Gasteiger partial charge in [0, 0.05) is 25.7 Å². The van der Waals surface area contributed by atoms with Gasteiger partial charge in [-0.2, -0.15) is 0 Å². The van der Waals surface area contributed by atoms with Gasteiger partial charge in [0.15, 0.2) is 5.88 Å². The molecule has 1 aliphatic heterocycles. The summed E-state index contributed by atoms with van der Waals surface area (Å²) in [7, 11) is 2.09. The van der Waals surface area contributed by atoms with Gasteiger partial charge in [-0.15, -0.1) is 0 Å². The van der Waals surface area contributed by atoms with Gasteiger partial charge in [0.1, 0.15) is 0 Å². The zero-order valence-corrected chi connectivity index (χ0v) is 9.35. The molecular weight excluding hydrogens is 208 g/mol. The number of aromatic carboxylic acids is 1. The van der Waals surface area contributed by atoms with Crippen molar-refractivity contribution in [3.05, 3.63) is 17.9 Å². The maximum atomic E-state index is 10.7. The van der Waals surface area contributed by atoms with Crippen LogP contribution in [0.15, 0.2) is 16.5 Å². The van der Waals surface area contributed by atoms with Gasteiger partial charge in [0.2, 0.25) is 5.76 Å². The van der Waals surface area contributed by atoms with Gasteiger partial charge in [0.25, 0.3) is 0 Å². The first-order valence-corrected chi connectivity index (χ1v) is 5.43. The van der Waals surface area contributed by atoms with E-state index < -0.39 is 5.97 Å². The topological polar surface area (TPSA) is 56.9 Å². The zero-order chi connectivity index (χ0) is 11.5. The van der Waals surface area contributed by atoms with Gasteiger partial charge >= 0.3 is 5.97 Å². The number of rotatable bonds is 2. The minimum atomic E-state index is -1.02. The van der Waals surface area contributed by atoms with E-state index in [1.807, 2.05) is 0 Å². The summed E-state index contributed by atoms with van der Waals surface area (Å²) in [6, 6.07) is 3.24. The second-order valence-corrected chi connectivity index (χ2v) is 4.09. The molecule has 0 bridgehead atoms. The minimum Gasteiger partial charge on any atom is -0.475 e. The molecule has 0 amide bonds. The molecule has 1 fully saturated rings. The van der Waals surface area contributed by atoms with Gasteiger partial charge in [-0.3, -0.25) is 0 Å². The van der Waals surface area contributed by atoms with Gasteiger partial charge in [-0.05, 0) is 26.1 Å². The van der Waals surface area contributed by atoms with Crippen molar-refractivity contribution >= 4 is 11.9 Å². The fourth-order valence-corrected chi connectivity index (χ4v) is 1.88. The number of nitrogens with zero attached hydrogens (tertiary/aromatic N) is 2. The molecule has 0 spiro atoms. The van der Waals surface area contributed by atoms with Crippen LogP contribution in [-0.2, 0) is 0 Å². The minimum absolute atomic E-state index is 0.00704. The molecule has 16 heavy (non-hydrogen) atoms. The number of likely N-dealkylation sites (N-methyl/N-ethyl adjacent to an activating group) is 1. The summed E-state index contributed by atoms with van der Waals surface area (Å²) in [6.45, 7) is 3.84. The molecule has 1 saturated heterocycles.